The third-order valence-corrected chi connectivity index (χ3v) is 2.90. The lowest BCUT2D eigenvalue weighted by atomic mass is 10.0. The molecule has 0 spiro atoms. The van der Waals surface area contributed by atoms with E-state index in [0.717, 1.165) is 12.2 Å². The van der Waals surface area contributed by atoms with E-state index in [4.69, 9.17) is 5.73 Å². The van der Waals surface area contributed by atoms with Gasteiger partial charge in [0.2, 0.25) is 0 Å². The SMILES string of the molecule is Cc1ccc(CC(N)c2ncc[nH]2)cc1C. The average molecular weight is 215 g/mol. The lowest BCUT2D eigenvalue weighted by Crippen LogP contribution is -2.15. The second-order valence-corrected chi connectivity index (χ2v) is 4.20. The van der Waals surface area contributed by atoms with Gasteiger partial charge >= 0.3 is 0 Å². The van der Waals surface area contributed by atoms with Gasteiger partial charge in [-0.1, -0.05) is 18.2 Å². The molecule has 1 unspecified atom stereocenters. The Labute approximate surface area is 95.7 Å². The minimum Gasteiger partial charge on any atom is -0.347 e. The van der Waals surface area contributed by atoms with Crippen molar-refractivity contribution in [3.63, 3.8) is 0 Å². The van der Waals surface area contributed by atoms with Crippen LogP contribution >= 0.6 is 0 Å². The van der Waals surface area contributed by atoms with Crippen molar-refractivity contribution in [3.8, 4) is 0 Å². The number of nitrogens with zero attached hydrogens (tertiary/aromatic N) is 1. The molecule has 1 heterocycles. The van der Waals surface area contributed by atoms with Gasteiger partial charge in [0.05, 0.1) is 6.04 Å². The van der Waals surface area contributed by atoms with E-state index in [9.17, 15) is 0 Å². The van der Waals surface area contributed by atoms with Gasteiger partial charge < -0.3 is 10.7 Å². The lowest BCUT2D eigenvalue weighted by Gasteiger charge is -2.10. The van der Waals surface area contributed by atoms with E-state index < -0.39 is 0 Å². The van der Waals surface area contributed by atoms with E-state index >= 15 is 0 Å². The molecule has 0 fully saturated rings. The van der Waals surface area contributed by atoms with Crippen molar-refractivity contribution in [1.82, 2.24) is 9.97 Å². The zero-order valence-corrected chi connectivity index (χ0v) is 9.70. The van der Waals surface area contributed by atoms with E-state index in [1.165, 1.54) is 16.7 Å². The van der Waals surface area contributed by atoms with E-state index in [-0.39, 0.29) is 6.04 Å². The molecular weight excluding hydrogens is 198 g/mol. The first-order valence-corrected chi connectivity index (χ1v) is 5.48. The monoisotopic (exact) mass is 215 g/mol. The predicted molar refractivity (Wildman–Crippen MR) is 65.1 cm³/mol. The molecular formula is C13H17N3. The molecule has 0 aliphatic carbocycles. The highest BCUT2D eigenvalue weighted by molar-refractivity contribution is 5.30. The van der Waals surface area contributed by atoms with Crippen LogP contribution in [-0.2, 0) is 6.42 Å². The van der Waals surface area contributed by atoms with Gasteiger partial charge in [0, 0.05) is 12.4 Å². The maximum Gasteiger partial charge on any atom is 0.123 e. The highest BCUT2D eigenvalue weighted by Crippen LogP contribution is 2.15. The van der Waals surface area contributed by atoms with E-state index in [1.807, 2.05) is 0 Å². The maximum atomic E-state index is 6.07. The summed E-state index contributed by atoms with van der Waals surface area (Å²) in [7, 11) is 0. The first-order valence-electron chi connectivity index (χ1n) is 5.48. The summed E-state index contributed by atoms with van der Waals surface area (Å²) in [4.78, 5) is 7.22. The third-order valence-electron chi connectivity index (χ3n) is 2.90. The van der Waals surface area contributed by atoms with Crippen molar-refractivity contribution >= 4 is 0 Å². The second-order valence-electron chi connectivity index (χ2n) is 4.20. The quantitative estimate of drug-likeness (QED) is 0.825. The van der Waals surface area contributed by atoms with Crippen LogP contribution in [0.15, 0.2) is 30.6 Å². The molecule has 1 aromatic carbocycles. The predicted octanol–water partition coefficient (Wildman–Crippen LogP) is 2.27. The molecule has 0 amide bonds. The Bertz CT molecular complexity index is 460. The molecule has 0 aliphatic heterocycles. The Morgan fingerprint density at radius 2 is 2.12 bits per heavy atom. The summed E-state index contributed by atoms with van der Waals surface area (Å²) >= 11 is 0. The van der Waals surface area contributed by atoms with Gasteiger partial charge in [0.15, 0.2) is 0 Å². The molecule has 0 saturated heterocycles. The van der Waals surface area contributed by atoms with Gasteiger partial charge in [-0.05, 0) is 37.0 Å². The minimum atomic E-state index is -0.0582. The van der Waals surface area contributed by atoms with Crippen LogP contribution in [0.3, 0.4) is 0 Å². The van der Waals surface area contributed by atoms with Gasteiger partial charge in [0.25, 0.3) is 0 Å². The van der Waals surface area contributed by atoms with Crippen molar-refractivity contribution in [3.05, 3.63) is 53.1 Å². The highest BCUT2D eigenvalue weighted by Gasteiger charge is 2.09. The fourth-order valence-corrected chi connectivity index (χ4v) is 1.76. The Morgan fingerprint density at radius 3 is 2.75 bits per heavy atom. The molecule has 84 valence electrons. The van der Waals surface area contributed by atoms with E-state index in [0.29, 0.717) is 0 Å². The van der Waals surface area contributed by atoms with Crippen LogP contribution < -0.4 is 5.73 Å². The second kappa shape index (κ2) is 4.49. The number of aromatic nitrogens is 2. The summed E-state index contributed by atoms with van der Waals surface area (Å²) in [5, 5.41) is 0. The fraction of sp³-hybridized carbons (Fsp3) is 0.308. The Morgan fingerprint density at radius 1 is 1.31 bits per heavy atom. The third kappa shape index (κ3) is 2.31. The average Bonchev–Trinajstić information content (AvgIpc) is 2.77. The zero-order valence-electron chi connectivity index (χ0n) is 9.70. The number of rotatable bonds is 3. The topological polar surface area (TPSA) is 54.7 Å². The largest absolute Gasteiger partial charge is 0.347 e. The number of hydrogen-bond acceptors (Lipinski definition) is 2. The van der Waals surface area contributed by atoms with Crippen LogP contribution in [0.4, 0.5) is 0 Å². The normalized spacial score (nSPS) is 12.7. The summed E-state index contributed by atoms with van der Waals surface area (Å²) in [6.07, 6.45) is 4.35. The number of hydrogen-bond donors (Lipinski definition) is 2. The molecule has 1 atom stereocenters. The molecule has 2 aromatic rings. The maximum absolute atomic E-state index is 6.07. The van der Waals surface area contributed by atoms with E-state index in [1.54, 1.807) is 12.4 Å². The van der Waals surface area contributed by atoms with Crippen LogP contribution in [0, 0.1) is 13.8 Å². The fourth-order valence-electron chi connectivity index (χ4n) is 1.76. The van der Waals surface area contributed by atoms with Crippen molar-refractivity contribution in [2.24, 2.45) is 5.73 Å². The van der Waals surface area contributed by atoms with Crippen LogP contribution in [-0.4, -0.2) is 9.97 Å². The smallest absolute Gasteiger partial charge is 0.123 e. The first kappa shape index (κ1) is 10.9. The number of benzene rings is 1. The molecule has 3 N–H and O–H groups in total. The molecule has 0 saturated carbocycles. The zero-order chi connectivity index (χ0) is 11.5. The summed E-state index contributed by atoms with van der Waals surface area (Å²) in [5.74, 6) is 0.846. The molecule has 2 rings (SSSR count). The van der Waals surface area contributed by atoms with Gasteiger partial charge in [-0.3, -0.25) is 0 Å². The Hall–Kier alpha value is -1.61. The molecule has 3 nitrogen and oxygen atoms in total. The van der Waals surface area contributed by atoms with Gasteiger partial charge in [-0.2, -0.15) is 0 Å². The molecule has 16 heavy (non-hydrogen) atoms. The first-order chi connectivity index (χ1) is 7.66. The minimum absolute atomic E-state index is 0.0582. The van der Waals surface area contributed by atoms with Crippen LogP contribution in [0.1, 0.15) is 28.6 Å². The summed E-state index contributed by atoms with van der Waals surface area (Å²) in [6.45, 7) is 4.24. The van der Waals surface area contributed by atoms with Crippen molar-refractivity contribution < 1.29 is 0 Å². The number of aromatic amines is 1. The number of nitrogens with two attached hydrogens (primary N) is 1. The summed E-state index contributed by atoms with van der Waals surface area (Å²) in [6, 6.07) is 6.40. The summed E-state index contributed by atoms with van der Waals surface area (Å²) in [5.41, 5.74) is 9.95. The molecule has 0 bridgehead atoms. The van der Waals surface area contributed by atoms with Crippen molar-refractivity contribution in [1.29, 1.82) is 0 Å². The molecule has 1 aromatic heterocycles. The van der Waals surface area contributed by atoms with E-state index in [2.05, 4.69) is 42.0 Å². The number of aryl methyl sites for hydroxylation is 2. The van der Waals surface area contributed by atoms with Crippen molar-refractivity contribution in [2.75, 3.05) is 0 Å². The number of H-pyrrole nitrogens is 1. The van der Waals surface area contributed by atoms with Crippen LogP contribution in [0.5, 0.6) is 0 Å². The lowest BCUT2D eigenvalue weighted by molar-refractivity contribution is 0.677. The van der Waals surface area contributed by atoms with Gasteiger partial charge in [-0.15, -0.1) is 0 Å². The Balaban J connectivity index is 2.12. The van der Waals surface area contributed by atoms with Gasteiger partial charge in [-0.25, -0.2) is 4.98 Å². The van der Waals surface area contributed by atoms with Crippen LogP contribution in [0.2, 0.25) is 0 Å². The highest BCUT2D eigenvalue weighted by atomic mass is 14.9. The number of nitrogens with one attached hydrogen (secondary N) is 1. The molecule has 0 aliphatic rings. The number of imidazole rings is 1. The summed E-state index contributed by atoms with van der Waals surface area (Å²) < 4.78 is 0. The van der Waals surface area contributed by atoms with Crippen LogP contribution in [0.25, 0.3) is 0 Å². The Kier molecular flexibility index (Phi) is 3.06. The molecule has 0 radical (unpaired) electrons. The van der Waals surface area contributed by atoms with Crippen molar-refractivity contribution in [2.45, 2.75) is 26.3 Å². The van der Waals surface area contributed by atoms with Gasteiger partial charge in [0.1, 0.15) is 5.82 Å². The standard InChI is InChI=1S/C13H17N3/c1-9-3-4-11(7-10(9)2)8-12(14)13-15-5-6-16-13/h3-7,12H,8,14H2,1-2H3,(H,15,16). The molecule has 3 heteroatoms.